The van der Waals surface area contributed by atoms with E-state index < -0.39 is 6.10 Å². The molecular weight excluding hydrogens is 200 g/mol. The van der Waals surface area contributed by atoms with Gasteiger partial charge in [0.15, 0.2) is 0 Å². The summed E-state index contributed by atoms with van der Waals surface area (Å²) >= 11 is 0. The van der Waals surface area contributed by atoms with Gasteiger partial charge < -0.3 is 9.84 Å². The van der Waals surface area contributed by atoms with Crippen LogP contribution in [-0.2, 0) is 11.3 Å². The third-order valence-electron chi connectivity index (χ3n) is 2.44. The summed E-state index contributed by atoms with van der Waals surface area (Å²) in [4.78, 5) is 0. The molecule has 2 heteroatoms. The predicted octanol–water partition coefficient (Wildman–Crippen LogP) is 2.69. The highest BCUT2D eigenvalue weighted by Crippen LogP contribution is 2.11. The zero-order valence-corrected chi connectivity index (χ0v) is 9.60. The minimum absolute atomic E-state index is 0.286. The van der Waals surface area contributed by atoms with Crippen LogP contribution in [0.3, 0.4) is 0 Å². The van der Waals surface area contributed by atoms with Gasteiger partial charge in [-0.3, -0.25) is 0 Å². The van der Waals surface area contributed by atoms with Crippen molar-refractivity contribution >= 4 is 0 Å². The van der Waals surface area contributed by atoms with E-state index in [4.69, 9.17) is 4.74 Å². The summed E-state index contributed by atoms with van der Waals surface area (Å²) in [5.41, 5.74) is 1.67. The molecule has 0 heterocycles. The molecule has 0 bridgehead atoms. The maximum Gasteiger partial charge on any atom is 0.104 e. The lowest BCUT2D eigenvalue weighted by Gasteiger charge is -2.19. The SMILES string of the molecule is C=CC(=C)[C@H](O)[C@H](C)OCc1ccccc1. The number of aliphatic hydroxyl groups excluding tert-OH is 1. The van der Waals surface area contributed by atoms with Crippen molar-refractivity contribution in [1.82, 2.24) is 0 Å². The number of rotatable bonds is 6. The summed E-state index contributed by atoms with van der Waals surface area (Å²) in [6.07, 6.45) is 0.569. The maximum atomic E-state index is 9.77. The molecule has 0 unspecified atom stereocenters. The third kappa shape index (κ3) is 3.65. The average Bonchev–Trinajstić information content (AvgIpc) is 2.35. The van der Waals surface area contributed by atoms with E-state index in [1.54, 1.807) is 6.08 Å². The fourth-order valence-corrected chi connectivity index (χ4v) is 1.32. The maximum absolute atomic E-state index is 9.77. The standard InChI is InChI=1S/C14H18O2/c1-4-11(2)14(15)12(3)16-10-13-8-6-5-7-9-13/h4-9,12,14-15H,1-2,10H2,3H3/t12-,14-/m0/s1. The number of benzene rings is 1. The summed E-state index contributed by atoms with van der Waals surface area (Å²) in [5.74, 6) is 0. The lowest BCUT2D eigenvalue weighted by molar-refractivity contribution is -0.0182. The smallest absolute Gasteiger partial charge is 0.104 e. The lowest BCUT2D eigenvalue weighted by atomic mass is 10.1. The van der Waals surface area contributed by atoms with Gasteiger partial charge >= 0.3 is 0 Å². The van der Waals surface area contributed by atoms with E-state index in [-0.39, 0.29) is 6.10 Å². The van der Waals surface area contributed by atoms with Crippen LogP contribution in [-0.4, -0.2) is 17.3 Å². The van der Waals surface area contributed by atoms with E-state index in [9.17, 15) is 5.11 Å². The zero-order valence-electron chi connectivity index (χ0n) is 9.60. The number of hydrogen-bond donors (Lipinski definition) is 1. The van der Waals surface area contributed by atoms with Gasteiger partial charge in [-0.2, -0.15) is 0 Å². The Bertz CT molecular complexity index is 343. The first-order valence-corrected chi connectivity index (χ1v) is 5.30. The summed E-state index contributed by atoms with van der Waals surface area (Å²) in [6.45, 7) is 9.58. The lowest BCUT2D eigenvalue weighted by Crippen LogP contribution is -2.26. The molecule has 1 rings (SSSR count). The molecule has 0 aliphatic carbocycles. The van der Waals surface area contributed by atoms with Crippen LogP contribution in [0.15, 0.2) is 55.1 Å². The van der Waals surface area contributed by atoms with Gasteiger partial charge in [0, 0.05) is 0 Å². The average molecular weight is 218 g/mol. The van der Waals surface area contributed by atoms with Crippen molar-refractivity contribution in [3.63, 3.8) is 0 Å². The summed E-state index contributed by atoms with van der Waals surface area (Å²) in [6, 6.07) is 9.86. The molecule has 0 aliphatic rings. The zero-order chi connectivity index (χ0) is 12.0. The quantitative estimate of drug-likeness (QED) is 0.744. The molecule has 86 valence electrons. The first-order chi connectivity index (χ1) is 7.65. The van der Waals surface area contributed by atoms with Crippen molar-refractivity contribution < 1.29 is 9.84 Å². The molecule has 1 aromatic carbocycles. The molecule has 16 heavy (non-hydrogen) atoms. The molecule has 0 spiro atoms. The number of aliphatic hydroxyl groups is 1. The molecule has 2 nitrogen and oxygen atoms in total. The second-order valence-corrected chi connectivity index (χ2v) is 3.73. The van der Waals surface area contributed by atoms with Crippen LogP contribution >= 0.6 is 0 Å². The van der Waals surface area contributed by atoms with Gasteiger partial charge in [-0.1, -0.05) is 49.6 Å². The molecule has 0 saturated heterocycles. The molecule has 0 fully saturated rings. The highest BCUT2D eigenvalue weighted by atomic mass is 16.5. The van der Waals surface area contributed by atoms with E-state index in [0.29, 0.717) is 12.2 Å². The normalized spacial score (nSPS) is 14.1. The van der Waals surface area contributed by atoms with E-state index in [1.165, 1.54) is 0 Å². The van der Waals surface area contributed by atoms with Gasteiger partial charge in [0.25, 0.3) is 0 Å². The Hall–Kier alpha value is -1.38. The van der Waals surface area contributed by atoms with Crippen molar-refractivity contribution in [3.8, 4) is 0 Å². The van der Waals surface area contributed by atoms with Gasteiger partial charge in [0.05, 0.1) is 12.7 Å². The predicted molar refractivity (Wildman–Crippen MR) is 66.0 cm³/mol. The second-order valence-electron chi connectivity index (χ2n) is 3.73. The first-order valence-electron chi connectivity index (χ1n) is 5.30. The van der Waals surface area contributed by atoms with Crippen LogP contribution in [0, 0.1) is 0 Å². The topological polar surface area (TPSA) is 29.5 Å². The first kappa shape index (κ1) is 12.7. The van der Waals surface area contributed by atoms with Gasteiger partial charge in [-0.05, 0) is 18.1 Å². The minimum atomic E-state index is -0.693. The Morgan fingerprint density at radius 3 is 2.62 bits per heavy atom. The minimum Gasteiger partial charge on any atom is -0.386 e. The molecule has 0 amide bonds. The molecule has 0 radical (unpaired) electrons. The van der Waals surface area contributed by atoms with E-state index in [1.807, 2.05) is 37.3 Å². The third-order valence-corrected chi connectivity index (χ3v) is 2.44. The van der Waals surface area contributed by atoms with Crippen LogP contribution in [0.5, 0.6) is 0 Å². The van der Waals surface area contributed by atoms with Crippen molar-refractivity contribution in [3.05, 3.63) is 60.7 Å². The van der Waals surface area contributed by atoms with Gasteiger partial charge in [0.1, 0.15) is 6.10 Å². The highest BCUT2D eigenvalue weighted by Gasteiger charge is 2.15. The Morgan fingerprint density at radius 2 is 2.06 bits per heavy atom. The van der Waals surface area contributed by atoms with Gasteiger partial charge in [0.2, 0.25) is 0 Å². The largest absolute Gasteiger partial charge is 0.386 e. The fourth-order valence-electron chi connectivity index (χ4n) is 1.32. The second kappa shape index (κ2) is 6.26. The molecule has 0 saturated carbocycles. The van der Waals surface area contributed by atoms with Crippen LogP contribution in [0.1, 0.15) is 12.5 Å². The van der Waals surface area contributed by atoms with Crippen molar-refractivity contribution in [2.75, 3.05) is 0 Å². The van der Waals surface area contributed by atoms with Crippen molar-refractivity contribution in [2.24, 2.45) is 0 Å². The molecule has 1 N–H and O–H groups in total. The number of hydrogen-bond acceptors (Lipinski definition) is 2. The van der Waals surface area contributed by atoms with Crippen LogP contribution < -0.4 is 0 Å². The molecule has 0 aliphatic heterocycles. The summed E-state index contributed by atoms with van der Waals surface area (Å²) < 4.78 is 5.55. The fraction of sp³-hybridized carbons (Fsp3) is 0.286. The summed E-state index contributed by atoms with van der Waals surface area (Å²) in [7, 11) is 0. The Morgan fingerprint density at radius 1 is 1.44 bits per heavy atom. The molecular formula is C14H18O2. The van der Waals surface area contributed by atoms with Gasteiger partial charge in [-0.15, -0.1) is 0 Å². The molecule has 1 aromatic rings. The Labute approximate surface area is 96.9 Å². The van der Waals surface area contributed by atoms with Crippen LogP contribution in [0.2, 0.25) is 0 Å². The van der Waals surface area contributed by atoms with Crippen molar-refractivity contribution in [2.45, 2.75) is 25.7 Å². The Kier molecular flexibility index (Phi) is 4.96. The summed E-state index contributed by atoms with van der Waals surface area (Å²) in [5, 5.41) is 9.77. The van der Waals surface area contributed by atoms with Crippen LogP contribution in [0.4, 0.5) is 0 Å². The monoisotopic (exact) mass is 218 g/mol. The van der Waals surface area contributed by atoms with Crippen molar-refractivity contribution in [1.29, 1.82) is 0 Å². The number of ether oxygens (including phenoxy) is 1. The highest BCUT2D eigenvalue weighted by molar-refractivity contribution is 5.18. The van der Waals surface area contributed by atoms with E-state index >= 15 is 0 Å². The van der Waals surface area contributed by atoms with E-state index in [2.05, 4.69) is 13.2 Å². The molecule has 2 atom stereocenters. The van der Waals surface area contributed by atoms with Crippen LogP contribution in [0.25, 0.3) is 0 Å². The van der Waals surface area contributed by atoms with E-state index in [0.717, 1.165) is 5.56 Å². The Balaban J connectivity index is 2.44. The van der Waals surface area contributed by atoms with Gasteiger partial charge in [-0.25, -0.2) is 0 Å². The molecule has 0 aromatic heterocycles.